The van der Waals surface area contributed by atoms with Crippen molar-refractivity contribution in [1.82, 2.24) is 4.57 Å². The monoisotopic (exact) mass is 349 g/mol. The molecule has 0 spiro atoms. The van der Waals surface area contributed by atoms with Crippen LogP contribution in [0.3, 0.4) is 0 Å². The quantitative estimate of drug-likeness (QED) is 0.513. The minimum absolute atomic E-state index is 0.101. The molecule has 0 amide bonds. The number of nitrogens with zero attached hydrogens (tertiary/aromatic N) is 1. The Morgan fingerprint density at radius 2 is 1.14 bits per heavy atom. The Bertz CT molecular complexity index is 345. The van der Waals surface area contributed by atoms with Gasteiger partial charge < -0.3 is 4.57 Å². The zero-order valence-electron chi connectivity index (χ0n) is 11.9. The van der Waals surface area contributed by atoms with Crippen LogP contribution in [0.5, 0.6) is 0 Å². The molecule has 1 unspecified atom stereocenters. The van der Waals surface area contributed by atoms with Crippen LogP contribution in [-0.4, -0.2) is 56.4 Å². The molecule has 0 saturated heterocycles. The normalized spacial score (nSPS) is 17.3. The largest absolute Gasteiger partial charge is 0.380 e. The summed E-state index contributed by atoms with van der Waals surface area (Å²) < 4.78 is 121. The first-order chi connectivity index (χ1) is 8.89. The highest BCUT2D eigenvalue weighted by atomic mass is 28.3. The van der Waals surface area contributed by atoms with Crippen molar-refractivity contribution in [2.75, 3.05) is 14.1 Å². The van der Waals surface area contributed by atoms with E-state index in [2.05, 4.69) is 0 Å². The number of halogens is 9. The SMILES string of the molecule is CC(F)C(F)(F)C(F)(F)C(F)(F)C(F)(F)[Si](C)(C)N(C)C. The van der Waals surface area contributed by atoms with Gasteiger partial charge in [0.15, 0.2) is 6.17 Å². The second-order valence-corrected chi connectivity index (χ2v) is 10.1. The van der Waals surface area contributed by atoms with Crippen LogP contribution in [0.4, 0.5) is 39.5 Å². The Labute approximate surface area is 117 Å². The van der Waals surface area contributed by atoms with Gasteiger partial charge in [0.25, 0.3) is 0 Å². The highest BCUT2D eigenvalue weighted by Crippen LogP contribution is 2.56. The number of hydrogen-bond donors (Lipinski definition) is 0. The highest BCUT2D eigenvalue weighted by molar-refractivity contribution is 6.77. The molecule has 128 valence electrons. The first kappa shape index (κ1) is 20.5. The Morgan fingerprint density at radius 1 is 0.810 bits per heavy atom. The molecule has 0 fully saturated rings. The average Bonchev–Trinajstić information content (AvgIpc) is 2.27. The van der Waals surface area contributed by atoms with Gasteiger partial charge in [-0.3, -0.25) is 0 Å². The third kappa shape index (κ3) is 2.66. The fourth-order valence-corrected chi connectivity index (χ4v) is 2.81. The van der Waals surface area contributed by atoms with Gasteiger partial charge in [-0.1, -0.05) is 13.1 Å². The molecule has 0 heterocycles. The molecule has 0 rings (SSSR count). The van der Waals surface area contributed by atoms with Crippen LogP contribution in [-0.2, 0) is 0 Å². The molecule has 0 saturated carbocycles. The van der Waals surface area contributed by atoms with Gasteiger partial charge in [0.05, 0.1) is 0 Å². The highest BCUT2D eigenvalue weighted by Gasteiger charge is 2.84. The number of rotatable bonds is 6. The van der Waals surface area contributed by atoms with Crippen molar-refractivity contribution in [3.8, 4) is 0 Å². The molecule has 1 atom stereocenters. The van der Waals surface area contributed by atoms with Gasteiger partial charge in [-0.15, -0.1) is 0 Å². The molecule has 11 heteroatoms. The van der Waals surface area contributed by atoms with Gasteiger partial charge in [0.2, 0.25) is 8.24 Å². The lowest BCUT2D eigenvalue weighted by molar-refractivity contribution is -0.360. The van der Waals surface area contributed by atoms with Gasteiger partial charge in [0, 0.05) is 0 Å². The summed E-state index contributed by atoms with van der Waals surface area (Å²) in [5.74, 6) is -18.9. The summed E-state index contributed by atoms with van der Waals surface area (Å²) in [5, 5.41) is 0. The van der Waals surface area contributed by atoms with E-state index < -0.39 is 37.7 Å². The van der Waals surface area contributed by atoms with Crippen LogP contribution in [0.2, 0.25) is 13.1 Å². The van der Waals surface area contributed by atoms with Crippen LogP contribution in [0.1, 0.15) is 6.92 Å². The molecule has 0 aliphatic carbocycles. The topological polar surface area (TPSA) is 3.24 Å². The fourth-order valence-electron chi connectivity index (χ4n) is 1.32. The van der Waals surface area contributed by atoms with Crippen LogP contribution in [0, 0.1) is 0 Å². The second kappa shape index (κ2) is 5.32. The first-order valence-electron chi connectivity index (χ1n) is 5.71. The molecular formula is C10H16F9NSi. The van der Waals surface area contributed by atoms with Crippen molar-refractivity contribution < 1.29 is 39.5 Å². The summed E-state index contributed by atoms with van der Waals surface area (Å²) in [4.78, 5) is 0. The summed E-state index contributed by atoms with van der Waals surface area (Å²) in [5.41, 5.74) is -5.43. The van der Waals surface area contributed by atoms with Crippen molar-refractivity contribution in [2.45, 2.75) is 49.5 Å². The van der Waals surface area contributed by atoms with E-state index in [9.17, 15) is 39.5 Å². The number of hydrogen-bond acceptors (Lipinski definition) is 1. The smallest absolute Gasteiger partial charge is 0.325 e. The van der Waals surface area contributed by atoms with Gasteiger partial charge in [-0.05, 0) is 21.0 Å². The van der Waals surface area contributed by atoms with E-state index in [0.29, 0.717) is 17.7 Å². The molecule has 0 bridgehead atoms. The lowest BCUT2D eigenvalue weighted by Crippen LogP contribution is -2.74. The minimum Gasteiger partial charge on any atom is -0.325 e. The van der Waals surface area contributed by atoms with Crippen molar-refractivity contribution in [3.05, 3.63) is 0 Å². The van der Waals surface area contributed by atoms with Crippen molar-refractivity contribution in [3.63, 3.8) is 0 Å². The van der Waals surface area contributed by atoms with Crippen LogP contribution < -0.4 is 0 Å². The Hall–Kier alpha value is -0.453. The maximum atomic E-state index is 13.9. The third-order valence-corrected chi connectivity index (χ3v) is 7.68. The van der Waals surface area contributed by atoms with Crippen molar-refractivity contribution in [2.24, 2.45) is 0 Å². The first-order valence-corrected chi connectivity index (χ1v) is 8.66. The van der Waals surface area contributed by atoms with Gasteiger partial charge in [0.1, 0.15) is 0 Å². The van der Waals surface area contributed by atoms with E-state index >= 15 is 0 Å². The molecule has 0 aromatic rings. The predicted molar refractivity (Wildman–Crippen MR) is 61.5 cm³/mol. The van der Waals surface area contributed by atoms with Gasteiger partial charge >= 0.3 is 23.3 Å². The molecule has 0 aromatic heterocycles. The summed E-state index contributed by atoms with van der Waals surface area (Å²) in [6, 6.07) is 0. The summed E-state index contributed by atoms with van der Waals surface area (Å²) in [6.07, 6.45) is -3.72. The van der Waals surface area contributed by atoms with E-state index in [4.69, 9.17) is 0 Å². The van der Waals surface area contributed by atoms with E-state index in [0.717, 1.165) is 14.1 Å². The lowest BCUT2D eigenvalue weighted by atomic mass is 10.0. The van der Waals surface area contributed by atoms with Crippen LogP contribution in [0.25, 0.3) is 0 Å². The van der Waals surface area contributed by atoms with Crippen LogP contribution in [0.15, 0.2) is 0 Å². The average molecular weight is 349 g/mol. The maximum Gasteiger partial charge on any atom is 0.380 e. The molecule has 0 radical (unpaired) electrons. The zero-order chi connectivity index (χ0) is 17.7. The molecule has 0 aliphatic rings. The molecule has 0 aliphatic heterocycles. The summed E-state index contributed by atoms with van der Waals surface area (Å²) >= 11 is 0. The number of alkyl halides is 9. The van der Waals surface area contributed by atoms with Gasteiger partial charge in [-0.25, -0.2) is 13.2 Å². The van der Waals surface area contributed by atoms with Crippen molar-refractivity contribution in [1.29, 1.82) is 0 Å². The summed E-state index contributed by atoms with van der Waals surface area (Å²) in [6.45, 7) is 1.14. The lowest BCUT2D eigenvalue weighted by Gasteiger charge is -2.44. The standard InChI is InChI=1S/C10H16F9NSi/c1-6(11)7(12,13)8(14,15)9(16,17)10(18,19)21(4,5)20(2)3/h6H,1-5H3. The molecule has 21 heavy (non-hydrogen) atoms. The summed E-state index contributed by atoms with van der Waals surface area (Å²) in [7, 11) is -2.66. The van der Waals surface area contributed by atoms with E-state index in [1.807, 2.05) is 0 Å². The Morgan fingerprint density at radius 3 is 1.38 bits per heavy atom. The minimum atomic E-state index is -6.54. The van der Waals surface area contributed by atoms with Gasteiger partial charge in [-0.2, -0.15) is 26.3 Å². The molecule has 0 aromatic carbocycles. The predicted octanol–water partition coefficient (Wildman–Crippen LogP) is 4.19. The molecular weight excluding hydrogens is 333 g/mol. The van der Waals surface area contributed by atoms with E-state index in [1.54, 1.807) is 0 Å². The zero-order valence-corrected chi connectivity index (χ0v) is 12.9. The second-order valence-electron chi connectivity index (χ2n) is 5.42. The van der Waals surface area contributed by atoms with E-state index in [1.165, 1.54) is 0 Å². The maximum absolute atomic E-state index is 13.9. The molecule has 1 nitrogen and oxygen atoms in total. The Balaban J connectivity index is 6.09. The molecule has 0 N–H and O–H groups in total. The van der Waals surface area contributed by atoms with E-state index in [-0.39, 0.29) is 6.92 Å². The Kier molecular flexibility index (Phi) is 5.21. The van der Waals surface area contributed by atoms with Crippen LogP contribution >= 0.6 is 0 Å². The van der Waals surface area contributed by atoms with Crippen molar-refractivity contribution >= 4 is 8.24 Å². The fraction of sp³-hybridized carbons (Fsp3) is 1.00. The third-order valence-electron chi connectivity index (χ3n) is 3.59.